The number of carboxylic acid groups (broad SMARTS) is 1. The summed E-state index contributed by atoms with van der Waals surface area (Å²) in [5, 5.41) is 20.5. The van der Waals surface area contributed by atoms with Gasteiger partial charge in [0.15, 0.2) is 0 Å². The number of methoxy groups -OCH3 is 1. The average Bonchev–Trinajstić information content (AvgIpc) is 2.42. The van der Waals surface area contributed by atoms with Crippen molar-refractivity contribution < 1.29 is 29.3 Å². The topological polar surface area (TPSA) is 113 Å². The number of hydrogen-bond acceptors (Lipinski definition) is 5. The molecule has 2 atom stereocenters. The molecule has 0 aromatic carbocycles. The van der Waals surface area contributed by atoms with E-state index in [1.165, 1.54) is 14.0 Å². The van der Waals surface area contributed by atoms with Gasteiger partial charge in [-0.2, -0.15) is 0 Å². The van der Waals surface area contributed by atoms with Crippen LogP contribution in [-0.4, -0.2) is 52.6 Å². The number of rotatable bonds is 9. The van der Waals surface area contributed by atoms with Crippen molar-refractivity contribution in [1.82, 2.24) is 5.32 Å². The fourth-order valence-corrected chi connectivity index (χ4v) is 2.50. The summed E-state index contributed by atoms with van der Waals surface area (Å²) in [6.45, 7) is 4.57. The molecule has 0 heterocycles. The molecule has 0 radical (unpaired) electrons. The van der Waals surface area contributed by atoms with Gasteiger partial charge in [-0.3, -0.25) is 14.4 Å². The smallest absolute Gasteiger partial charge is 0.320 e. The second-order valence-corrected chi connectivity index (χ2v) is 7.75. The second kappa shape index (κ2) is 8.47. The molecule has 0 aromatic heterocycles. The normalized spacial score (nSPS) is 15.5. The third-order valence-corrected chi connectivity index (χ3v) is 4.02. The van der Waals surface area contributed by atoms with Crippen molar-refractivity contribution in [2.75, 3.05) is 20.3 Å². The number of halogens is 1. The molecule has 0 fully saturated rings. The molecule has 0 aliphatic heterocycles. The van der Waals surface area contributed by atoms with Crippen LogP contribution in [0.3, 0.4) is 0 Å². The maximum absolute atomic E-state index is 12.2. The van der Waals surface area contributed by atoms with Gasteiger partial charge in [-0.05, 0) is 33.6 Å². The van der Waals surface area contributed by atoms with Crippen LogP contribution in [0.5, 0.6) is 0 Å². The lowest BCUT2D eigenvalue weighted by Crippen LogP contribution is -2.42. The first-order valence-electron chi connectivity index (χ1n) is 6.87. The third kappa shape index (κ3) is 6.31. The zero-order chi connectivity index (χ0) is 17.6. The SMILES string of the molecule is COC(=O)C(C)(C)CC(CC(C)(Br)C(=O)O)C(=O)NCCO. The molecule has 0 aromatic rings. The van der Waals surface area contributed by atoms with Gasteiger partial charge in [0.1, 0.15) is 4.32 Å². The number of amides is 1. The van der Waals surface area contributed by atoms with E-state index in [1.807, 2.05) is 0 Å². The minimum Gasteiger partial charge on any atom is -0.480 e. The van der Waals surface area contributed by atoms with Gasteiger partial charge in [-0.15, -0.1) is 0 Å². The third-order valence-electron chi connectivity index (χ3n) is 3.35. The predicted octanol–water partition coefficient (Wildman–Crippen LogP) is 0.929. The highest BCUT2D eigenvalue weighted by Gasteiger charge is 2.40. The molecule has 0 saturated heterocycles. The van der Waals surface area contributed by atoms with Crippen molar-refractivity contribution in [3.63, 3.8) is 0 Å². The van der Waals surface area contributed by atoms with E-state index in [9.17, 15) is 19.5 Å². The predicted molar refractivity (Wildman–Crippen MR) is 83.6 cm³/mol. The van der Waals surface area contributed by atoms with E-state index in [-0.39, 0.29) is 26.0 Å². The van der Waals surface area contributed by atoms with Gasteiger partial charge in [-0.25, -0.2) is 0 Å². The van der Waals surface area contributed by atoms with Crippen molar-refractivity contribution in [2.24, 2.45) is 11.3 Å². The Labute approximate surface area is 138 Å². The Morgan fingerprint density at radius 3 is 2.18 bits per heavy atom. The van der Waals surface area contributed by atoms with E-state index in [0.29, 0.717) is 0 Å². The molecule has 0 saturated carbocycles. The van der Waals surface area contributed by atoms with Crippen molar-refractivity contribution in [2.45, 2.75) is 37.9 Å². The van der Waals surface area contributed by atoms with Crippen LogP contribution in [0.15, 0.2) is 0 Å². The molecule has 1 amide bonds. The molecule has 3 N–H and O–H groups in total. The summed E-state index contributed by atoms with van der Waals surface area (Å²) in [5.41, 5.74) is -0.933. The molecule has 22 heavy (non-hydrogen) atoms. The lowest BCUT2D eigenvalue weighted by atomic mass is 9.79. The number of nitrogens with one attached hydrogen (secondary N) is 1. The van der Waals surface area contributed by atoms with Gasteiger partial charge in [0.05, 0.1) is 19.1 Å². The van der Waals surface area contributed by atoms with E-state index in [4.69, 9.17) is 9.84 Å². The van der Waals surface area contributed by atoms with E-state index in [0.717, 1.165) is 0 Å². The average molecular weight is 382 g/mol. The summed E-state index contributed by atoms with van der Waals surface area (Å²) < 4.78 is 3.42. The first-order valence-corrected chi connectivity index (χ1v) is 7.66. The molecule has 0 bridgehead atoms. The number of esters is 1. The van der Waals surface area contributed by atoms with E-state index >= 15 is 0 Å². The fraction of sp³-hybridized carbons (Fsp3) is 0.786. The summed E-state index contributed by atoms with van der Waals surface area (Å²) in [6.07, 6.45) is 0.130. The quantitative estimate of drug-likeness (QED) is 0.404. The van der Waals surface area contributed by atoms with Crippen LogP contribution in [-0.2, 0) is 19.1 Å². The zero-order valence-electron chi connectivity index (χ0n) is 13.3. The Morgan fingerprint density at radius 2 is 1.77 bits per heavy atom. The molecule has 8 heteroatoms. The minimum absolute atomic E-state index is 0.0000194. The van der Waals surface area contributed by atoms with Gasteiger partial charge in [0, 0.05) is 12.5 Å². The molecule has 0 spiro atoms. The van der Waals surface area contributed by atoms with Crippen molar-refractivity contribution >= 4 is 33.8 Å². The van der Waals surface area contributed by atoms with Crippen molar-refractivity contribution in [1.29, 1.82) is 0 Å². The molecular weight excluding hydrogens is 358 g/mol. The number of carboxylic acids is 1. The molecule has 128 valence electrons. The highest BCUT2D eigenvalue weighted by Crippen LogP contribution is 2.34. The zero-order valence-corrected chi connectivity index (χ0v) is 14.9. The fourth-order valence-electron chi connectivity index (χ4n) is 2.11. The molecular formula is C14H24BrNO6. The number of aliphatic hydroxyl groups is 1. The molecule has 0 rings (SSSR count). The Bertz CT molecular complexity index is 422. The second-order valence-electron chi connectivity index (χ2n) is 6.00. The molecule has 2 unspecified atom stereocenters. The number of hydrogen-bond donors (Lipinski definition) is 3. The summed E-state index contributed by atoms with van der Waals surface area (Å²) in [6, 6.07) is 0. The van der Waals surface area contributed by atoms with Gasteiger partial charge in [0.25, 0.3) is 0 Å². The minimum atomic E-state index is -1.29. The number of carbonyl (C=O) groups excluding carboxylic acids is 2. The van der Waals surface area contributed by atoms with Gasteiger partial charge < -0.3 is 20.3 Å². The summed E-state index contributed by atoms with van der Waals surface area (Å²) in [7, 11) is 1.26. The van der Waals surface area contributed by atoms with E-state index in [2.05, 4.69) is 21.2 Å². The van der Waals surface area contributed by atoms with Crippen LogP contribution < -0.4 is 5.32 Å². The van der Waals surface area contributed by atoms with Gasteiger partial charge in [0.2, 0.25) is 5.91 Å². The number of carbonyl (C=O) groups is 3. The highest BCUT2D eigenvalue weighted by molar-refractivity contribution is 9.10. The molecule has 0 aliphatic carbocycles. The Kier molecular flexibility index (Phi) is 8.03. The van der Waals surface area contributed by atoms with Crippen LogP contribution in [0.1, 0.15) is 33.6 Å². The first kappa shape index (κ1) is 20.9. The van der Waals surface area contributed by atoms with Crippen molar-refractivity contribution in [3.8, 4) is 0 Å². The van der Waals surface area contributed by atoms with Crippen LogP contribution in [0, 0.1) is 11.3 Å². The monoisotopic (exact) mass is 381 g/mol. The van der Waals surface area contributed by atoms with Crippen LogP contribution in [0.25, 0.3) is 0 Å². The molecule has 0 aliphatic rings. The Morgan fingerprint density at radius 1 is 1.23 bits per heavy atom. The lowest BCUT2D eigenvalue weighted by Gasteiger charge is -2.30. The van der Waals surface area contributed by atoms with E-state index < -0.39 is 33.5 Å². The Balaban J connectivity index is 5.21. The largest absolute Gasteiger partial charge is 0.480 e. The van der Waals surface area contributed by atoms with Gasteiger partial charge >= 0.3 is 11.9 Å². The van der Waals surface area contributed by atoms with Crippen LogP contribution in [0.2, 0.25) is 0 Å². The summed E-state index contributed by atoms with van der Waals surface area (Å²) >= 11 is 3.10. The number of aliphatic carboxylic acids is 1. The van der Waals surface area contributed by atoms with Crippen LogP contribution >= 0.6 is 15.9 Å². The molecule has 7 nitrogen and oxygen atoms in total. The maximum atomic E-state index is 12.2. The summed E-state index contributed by atoms with van der Waals surface area (Å²) in [4.78, 5) is 35.2. The van der Waals surface area contributed by atoms with Crippen LogP contribution in [0.4, 0.5) is 0 Å². The van der Waals surface area contributed by atoms with Crippen molar-refractivity contribution in [3.05, 3.63) is 0 Å². The highest BCUT2D eigenvalue weighted by atomic mass is 79.9. The lowest BCUT2D eigenvalue weighted by molar-refractivity contribution is -0.152. The number of aliphatic hydroxyl groups excluding tert-OH is 1. The summed E-state index contributed by atoms with van der Waals surface area (Å²) in [5.74, 6) is -2.69. The Hall–Kier alpha value is -1.15. The number of ether oxygens (including phenoxy) is 1. The van der Waals surface area contributed by atoms with Gasteiger partial charge in [-0.1, -0.05) is 15.9 Å². The number of alkyl halides is 1. The standard InChI is InChI=1S/C14H24BrNO6/c1-13(2,12(21)22-4)7-9(10(18)16-5-6-17)8-14(3,15)11(19)20/h9,17H,5-8H2,1-4H3,(H,16,18)(H,19,20). The maximum Gasteiger partial charge on any atom is 0.320 e. The van der Waals surface area contributed by atoms with E-state index in [1.54, 1.807) is 13.8 Å². The first-order chi connectivity index (χ1) is 9.97.